The van der Waals surface area contributed by atoms with Crippen molar-refractivity contribution in [3.8, 4) is 0 Å². The van der Waals surface area contributed by atoms with Gasteiger partial charge in [-0.05, 0) is 25.8 Å². The molecule has 0 fully saturated rings. The Morgan fingerprint density at radius 1 is 1.38 bits per heavy atom. The molecule has 0 spiro atoms. The number of imidazole rings is 1. The van der Waals surface area contributed by atoms with Crippen molar-refractivity contribution >= 4 is 11.6 Å². The highest BCUT2D eigenvalue weighted by atomic mass is 35.5. The molecule has 1 heterocycles. The number of hydrogen-bond donors (Lipinski definition) is 1. The number of rotatable bonds is 8. The second-order valence-electron chi connectivity index (χ2n) is 4.20. The quantitative estimate of drug-likeness (QED) is 0.562. The van der Waals surface area contributed by atoms with Crippen molar-refractivity contribution in [1.29, 1.82) is 0 Å². The van der Waals surface area contributed by atoms with Gasteiger partial charge in [0, 0.05) is 30.4 Å². The summed E-state index contributed by atoms with van der Waals surface area (Å²) in [7, 11) is 0. The third-order valence-electron chi connectivity index (χ3n) is 3.26. The van der Waals surface area contributed by atoms with E-state index >= 15 is 0 Å². The highest BCUT2D eigenvalue weighted by Gasteiger charge is 2.23. The summed E-state index contributed by atoms with van der Waals surface area (Å²) in [6.07, 6.45) is 8.93. The normalized spacial score (nSPS) is 11.9. The van der Waals surface area contributed by atoms with Crippen LogP contribution in [0.2, 0.25) is 0 Å². The Hall–Kier alpha value is -0.540. The largest absolute Gasteiger partial charge is 0.337 e. The van der Waals surface area contributed by atoms with Gasteiger partial charge in [-0.15, -0.1) is 11.6 Å². The molecule has 0 atom stereocenters. The van der Waals surface area contributed by atoms with E-state index in [1.54, 1.807) is 0 Å². The Balaban J connectivity index is 2.23. The molecule has 0 aliphatic heterocycles. The topological polar surface area (TPSA) is 29.9 Å². The van der Waals surface area contributed by atoms with Crippen molar-refractivity contribution in [1.82, 2.24) is 14.9 Å². The van der Waals surface area contributed by atoms with Crippen LogP contribution in [-0.2, 0) is 6.54 Å². The second-order valence-corrected chi connectivity index (χ2v) is 4.47. The molecule has 1 aromatic heterocycles. The van der Waals surface area contributed by atoms with Gasteiger partial charge in [0.25, 0.3) is 0 Å². The molecule has 0 aliphatic carbocycles. The van der Waals surface area contributed by atoms with E-state index in [0.29, 0.717) is 5.88 Å². The minimum Gasteiger partial charge on any atom is -0.337 e. The highest BCUT2D eigenvalue weighted by molar-refractivity contribution is 6.18. The summed E-state index contributed by atoms with van der Waals surface area (Å²) in [5, 5.41) is 3.58. The van der Waals surface area contributed by atoms with Crippen molar-refractivity contribution in [3.05, 3.63) is 18.7 Å². The number of aromatic nitrogens is 2. The van der Waals surface area contributed by atoms with Crippen LogP contribution in [-0.4, -0.2) is 27.5 Å². The lowest BCUT2D eigenvalue weighted by molar-refractivity contribution is 0.331. The smallest absolute Gasteiger partial charge is 0.0945 e. The summed E-state index contributed by atoms with van der Waals surface area (Å²) in [5.74, 6) is 0.686. The van der Waals surface area contributed by atoms with Crippen molar-refractivity contribution < 1.29 is 0 Å². The van der Waals surface area contributed by atoms with Crippen molar-refractivity contribution in [2.75, 3.05) is 12.4 Å². The lowest BCUT2D eigenvalue weighted by Crippen LogP contribution is -2.46. The first-order chi connectivity index (χ1) is 7.76. The zero-order valence-electron chi connectivity index (χ0n) is 10.2. The number of nitrogens with one attached hydrogen (secondary N) is 1. The first-order valence-electron chi connectivity index (χ1n) is 6.03. The molecule has 92 valence electrons. The lowest BCUT2D eigenvalue weighted by Gasteiger charge is -2.30. The van der Waals surface area contributed by atoms with Crippen LogP contribution < -0.4 is 5.32 Å². The number of halogens is 1. The molecule has 0 amide bonds. The Morgan fingerprint density at radius 2 is 2.12 bits per heavy atom. The molecule has 0 aliphatic rings. The highest BCUT2D eigenvalue weighted by Crippen LogP contribution is 2.16. The number of hydrogen-bond acceptors (Lipinski definition) is 2. The lowest BCUT2D eigenvalue weighted by atomic mass is 9.95. The summed E-state index contributed by atoms with van der Waals surface area (Å²) >= 11 is 6.03. The fraction of sp³-hybridized carbons (Fsp3) is 0.750. The monoisotopic (exact) mass is 243 g/mol. The third-order valence-corrected chi connectivity index (χ3v) is 3.77. The predicted molar refractivity (Wildman–Crippen MR) is 68.9 cm³/mol. The van der Waals surface area contributed by atoms with E-state index in [-0.39, 0.29) is 5.54 Å². The van der Waals surface area contributed by atoms with Gasteiger partial charge in [0.1, 0.15) is 0 Å². The maximum Gasteiger partial charge on any atom is 0.0945 e. The molecular formula is C12H22ClN3. The summed E-state index contributed by atoms with van der Waals surface area (Å²) in [6, 6.07) is 0. The average Bonchev–Trinajstić information content (AvgIpc) is 2.83. The fourth-order valence-corrected chi connectivity index (χ4v) is 2.24. The Bertz CT molecular complexity index is 260. The number of alkyl halides is 1. The SMILES string of the molecule is CCC(CC)(CCl)NCCCn1ccnc1. The van der Waals surface area contributed by atoms with E-state index in [0.717, 1.165) is 32.4 Å². The molecule has 1 N–H and O–H groups in total. The van der Waals surface area contributed by atoms with E-state index < -0.39 is 0 Å². The zero-order valence-corrected chi connectivity index (χ0v) is 11.0. The van der Waals surface area contributed by atoms with Gasteiger partial charge in [-0.2, -0.15) is 0 Å². The van der Waals surface area contributed by atoms with E-state index in [1.165, 1.54) is 0 Å². The van der Waals surface area contributed by atoms with E-state index in [9.17, 15) is 0 Å². The molecule has 1 aromatic rings. The molecule has 1 rings (SSSR count). The Labute approximate surface area is 103 Å². The molecule has 4 heteroatoms. The van der Waals surface area contributed by atoms with Crippen LogP contribution in [0.3, 0.4) is 0 Å². The maximum atomic E-state index is 6.03. The Morgan fingerprint density at radius 3 is 2.62 bits per heavy atom. The van der Waals surface area contributed by atoms with Gasteiger partial charge < -0.3 is 9.88 Å². The van der Waals surface area contributed by atoms with E-state index in [2.05, 4.69) is 28.7 Å². The summed E-state index contributed by atoms with van der Waals surface area (Å²) in [5.41, 5.74) is 0.122. The van der Waals surface area contributed by atoms with Crippen LogP contribution in [0.25, 0.3) is 0 Å². The van der Waals surface area contributed by atoms with Crippen LogP contribution in [0.5, 0.6) is 0 Å². The van der Waals surface area contributed by atoms with Crippen LogP contribution in [0, 0.1) is 0 Å². The number of nitrogens with zero attached hydrogens (tertiary/aromatic N) is 2. The minimum atomic E-state index is 0.122. The van der Waals surface area contributed by atoms with Crippen molar-refractivity contribution in [3.63, 3.8) is 0 Å². The van der Waals surface area contributed by atoms with Crippen LogP contribution in [0.4, 0.5) is 0 Å². The first kappa shape index (κ1) is 13.5. The van der Waals surface area contributed by atoms with Gasteiger partial charge in [-0.25, -0.2) is 4.98 Å². The number of aryl methyl sites for hydroxylation is 1. The van der Waals surface area contributed by atoms with Gasteiger partial charge in [-0.3, -0.25) is 0 Å². The van der Waals surface area contributed by atoms with E-state index in [4.69, 9.17) is 11.6 Å². The van der Waals surface area contributed by atoms with E-state index in [1.807, 2.05) is 18.7 Å². The van der Waals surface area contributed by atoms with Crippen molar-refractivity contribution in [2.24, 2.45) is 0 Å². The van der Waals surface area contributed by atoms with Gasteiger partial charge >= 0.3 is 0 Å². The molecule has 16 heavy (non-hydrogen) atoms. The summed E-state index contributed by atoms with van der Waals surface area (Å²) < 4.78 is 2.10. The summed E-state index contributed by atoms with van der Waals surface area (Å²) in [4.78, 5) is 4.02. The van der Waals surface area contributed by atoms with Crippen LogP contribution in [0.1, 0.15) is 33.1 Å². The maximum absolute atomic E-state index is 6.03. The minimum absolute atomic E-state index is 0.122. The van der Waals surface area contributed by atoms with Crippen LogP contribution >= 0.6 is 11.6 Å². The van der Waals surface area contributed by atoms with Gasteiger partial charge in [0.15, 0.2) is 0 Å². The molecule has 0 saturated heterocycles. The third kappa shape index (κ3) is 3.80. The van der Waals surface area contributed by atoms with Gasteiger partial charge in [-0.1, -0.05) is 13.8 Å². The fourth-order valence-electron chi connectivity index (χ4n) is 1.77. The summed E-state index contributed by atoms with van der Waals surface area (Å²) in [6.45, 7) is 6.40. The first-order valence-corrected chi connectivity index (χ1v) is 6.56. The Kier molecular flexibility index (Phi) is 5.85. The predicted octanol–water partition coefficient (Wildman–Crippen LogP) is 2.66. The standard InChI is InChI=1S/C12H22ClN3/c1-3-12(4-2,10-13)15-6-5-8-16-9-7-14-11-16/h7,9,11,15H,3-6,8,10H2,1-2H3. The van der Waals surface area contributed by atoms with Crippen LogP contribution in [0.15, 0.2) is 18.7 Å². The molecule has 0 saturated carbocycles. The molecule has 0 radical (unpaired) electrons. The second kappa shape index (κ2) is 6.92. The average molecular weight is 244 g/mol. The molecule has 3 nitrogen and oxygen atoms in total. The molecular weight excluding hydrogens is 222 g/mol. The molecule has 0 unspecified atom stereocenters. The molecule has 0 bridgehead atoms. The molecule has 0 aromatic carbocycles. The zero-order chi connectivity index (χ0) is 11.9. The van der Waals surface area contributed by atoms with Gasteiger partial charge in [0.05, 0.1) is 6.33 Å². The van der Waals surface area contributed by atoms with Crippen molar-refractivity contribution in [2.45, 2.75) is 45.2 Å². The van der Waals surface area contributed by atoms with Gasteiger partial charge in [0.2, 0.25) is 0 Å².